The van der Waals surface area contributed by atoms with Gasteiger partial charge in [0.05, 0.1) is 6.04 Å². The van der Waals surface area contributed by atoms with Gasteiger partial charge in [0.25, 0.3) is 0 Å². The molecule has 2 aromatic rings. The Morgan fingerprint density at radius 3 is 2.28 bits per heavy atom. The fourth-order valence-electron chi connectivity index (χ4n) is 2.12. The summed E-state index contributed by atoms with van der Waals surface area (Å²) in [7, 11) is 0. The number of rotatable bonds is 2. The van der Waals surface area contributed by atoms with Crippen LogP contribution < -0.4 is 5.73 Å². The Morgan fingerprint density at radius 2 is 1.67 bits per heavy atom. The van der Waals surface area contributed by atoms with Gasteiger partial charge in [-0.1, -0.05) is 45.3 Å². The predicted octanol–water partition coefficient (Wildman–Crippen LogP) is 4.72. The molecule has 0 saturated carbocycles. The van der Waals surface area contributed by atoms with E-state index in [1.807, 2.05) is 0 Å². The first-order chi connectivity index (χ1) is 8.47. The van der Waals surface area contributed by atoms with Crippen molar-refractivity contribution in [3.8, 4) is 0 Å². The number of halogens is 2. The second-order valence-electron chi connectivity index (χ2n) is 4.56. The van der Waals surface area contributed by atoms with Gasteiger partial charge in [0.1, 0.15) is 0 Å². The van der Waals surface area contributed by atoms with Crippen molar-refractivity contribution in [1.82, 2.24) is 0 Å². The lowest BCUT2D eigenvalue weighted by atomic mass is 9.96. The van der Waals surface area contributed by atoms with Crippen molar-refractivity contribution in [1.29, 1.82) is 0 Å². The first-order valence-corrected chi connectivity index (χ1v) is 7.63. The molecule has 2 aromatic carbocycles. The third kappa shape index (κ3) is 3.13. The number of nitrogens with two attached hydrogens (primary N) is 1. The van der Waals surface area contributed by atoms with Crippen LogP contribution in [-0.2, 0) is 0 Å². The molecular formula is C15H15BrIN. The Kier molecular flexibility index (Phi) is 4.45. The van der Waals surface area contributed by atoms with Gasteiger partial charge in [0.15, 0.2) is 0 Å². The lowest BCUT2D eigenvalue weighted by Gasteiger charge is -2.16. The van der Waals surface area contributed by atoms with Crippen LogP contribution in [0.25, 0.3) is 0 Å². The standard InChI is InChI=1S/C15H15BrIN/c1-9-5-10(2)7-11(6-9)15(18)13-8-12(17)3-4-14(13)16/h3-8,15H,18H2,1-2H3. The van der Waals surface area contributed by atoms with Gasteiger partial charge in [-0.2, -0.15) is 0 Å². The van der Waals surface area contributed by atoms with Gasteiger partial charge in [-0.3, -0.25) is 0 Å². The molecule has 0 spiro atoms. The van der Waals surface area contributed by atoms with Gasteiger partial charge >= 0.3 is 0 Å². The molecule has 18 heavy (non-hydrogen) atoms. The zero-order valence-electron chi connectivity index (χ0n) is 10.4. The summed E-state index contributed by atoms with van der Waals surface area (Å²) in [6.07, 6.45) is 0. The van der Waals surface area contributed by atoms with Crippen molar-refractivity contribution in [3.05, 3.63) is 66.7 Å². The highest BCUT2D eigenvalue weighted by molar-refractivity contribution is 14.1. The number of hydrogen-bond donors (Lipinski definition) is 1. The highest BCUT2D eigenvalue weighted by Gasteiger charge is 2.13. The zero-order chi connectivity index (χ0) is 13.3. The van der Waals surface area contributed by atoms with Crippen molar-refractivity contribution >= 4 is 38.5 Å². The van der Waals surface area contributed by atoms with Gasteiger partial charge in [0, 0.05) is 8.04 Å². The molecule has 0 radical (unpaired) electrons. The summed E-state index contributed by atoms with van der Waals surface area (Å²) >= 11 is 5.89. The Labute approximate surface area is 130 Å². The quantitative estimate of drug-likeness (QED) is 0.705. The highest BCUT2D eigenvalue weighted by atomic mass is 127. The zero-order valence-corrected chi connectivity index (χ0v) is 14.1. The molecule has 0 fully saturated rings. The lowest BCUT2D eigenvalue weighted by Crippen LogP contribution is -2.13. The van der Waals surface area contributed by atoms with Crippen LogP contribution in [-0.4, -0.2) is 0 Å². The molecule has 1 atom stereocenters. The van der Waals surface area contributed by atoms with Crippen LogP contribution in [0.4, 0.5) is 0 Å². The second kappa shape index (κ2) is 5.72. The molecule has 0 saturated heterocycles. The number of hydrogen-bond acceptors (Lipinski definition) is 1. The van der Waals surface area contributed by atoms with Crippen LogP contribution in [0.2, 0.25) is 0 Å². The fraction of sp³-hybridized carbons (Fsp3) is 0.200. The van der Waals surface area contributed by atoms with Crippen LogP contribution in [0, 0.1) is 17.4 Å². The molecular weight excluding hydrogens is 401 g/mol. The van der Waals surface area contributed by atoms with E-state index in [4.69, 9.17) is 5.73 Å². The summed E-state index contributed by atoms with van der Waals surface area (Å²) in [6, 6.07) is 12.6. The highest BCUT2D eigenvalue weighted by Crippen LogP contribution is 2.29. The van der Waals surface area contributed by atoms with Crippen molar-refractivity contribution in [2.75, 3.05) is 0 Å². The normalized spacial score (nSPS) is 12.5. The van der Waals surface area contributed by atoms with Crippen molar-refractivity contribution < 1.29 is 0 Å². The van der Waals surface area contributed by atoms with Crippen LogP contribution in [0.1, 0.15) is 28.3 Å². The first-order valence-electron chi connectivity index (χ1n) is 5.76. The minimum atomic E-state index is -0.0901. The molecule has 0 heterocycles. The molecule has 0 aromatic heterocycles. The second-order valence-corrected chi connectivity index (χ2v) is 6.66. The van der Waals surface area contributed by atoms with Crippen LogP contribution in [0.15, 0.2) is 40.9 Å². The third-order valence-electron chi connectivity index (χ3n) is 2.90. The smallest absolute Gasteiger partial charge is 0.0563 e. The van der Waals surface area contributed by atoms with E-state index in [2.05, 4.69) is 88.8 Å². The van der Waals surface area contributed by atoms with Crippen LogP contribution in [0.3, 0.4) is 0 Å². The van der Waals surface area contributed by atoms with E-state index < -0.39 is 0 Å². The summed E-state index contributed by atoms with van der Waals surface area (Å²) < 4.78 is 2.26. The van der Waals surface area contributed by atoms with Gasteiger partial charge in [-0.05, 0) is 65.8 Å². The van der Waals surface area contributed by atoms with E-state index in [0.29, 0.717) is 0 Å². The average Bonchev–Trinajstić information content (AvgIpc) is 2.30. The summed E-state index contributed by atoms with van der Waals surface area (Å²) in [6.45, 7) is 4.21. The molecule has 94 valence electrons. The van der Waals surface area contributed by atoms with Crippen molar-refractivity contribution in [3.63, 3.8) is 0 Å². The molecule has 1 unspecified atom stereocenters. The predicted molar refractivity (Wildman–Crippen MR) is 88.8 cm³/mol. The van der Waals surface area contributed by atoms with Crippen molar-refractivity contribution in [2.45, 2.75) is 19.9 Å². The maximum absolute atomic E-state index is 6.39. The number of aryl methyl sites for hydroxylation is 2. The molecule has 0 bridgehead atoms. The molecule has 0 aliphatic carbocycles. The fourth-order valence-corrected chi connectivity index (χ4v) is 3.13. The molecule has 2 rings (SSSR count). The van der Waals surface area contributed by atoms with Crippen LogP contribution in [0.5, 0.6) is 0 Å². The van der Waals surface area contributed by atoms with E-state index in [-0.39, 0.29) is 6.04 Å². The Balaban J connectivity index is 2.47. The van der Waals surface area contributed by atoms with E-state index in [0.717, 1.165) is 15.6 Å². The van der Waals surface area contributed by atoms with Gasteiger partial charge in [-0.15, -0.1) is 0 Å². The largest absolute Gasteiger partial charge is 0.320 e. The summed E-state index contributed by atoms with van der Waals surface area (Å²) in [4.78, 5) is 0. The van der Waals surface area contributed by atoms with E-state index in [1.165, 1.54) is 14.7 Å². The molecule has 1 nitrogen and oxygen atoms in total. The van der Waals surface area contributed by atoms with E-state index in [9.17, 15) is 0 Å². The summed E-state index contributed by atoms with van der Waals surface area (Å²) in [5, 5.41) is 0. The van der Waals surface area contributed by atoms with Crippen LogP contribution >= 0.6 is 38.5 Å². The molecule has 0 aliphatic heterocycles. The van der Waals surface area contributed by atoms with Crippen molar-refractivity contribution in [2.24, 2.45) is 5.73 Å². The van der Waals surface area contributed by atoms with Gasteiger partial charge < -0.3 is 5.73 Å². The summed E-state index contributed by atoms with van der Waals surface area (Å²) in [5.74, 6) is 0. The van der Waals surface area contributed by atoms with E-state index in [1.54, 1.807) is 0 Å². The monoisotopic (exact) mass is 415 g/mol. The molecule has 3 heteroatoms. The maximum Gasteiger partial charge on any atom is 0.0563 e. The molecule has 0 aliphatic rings. The lowest BCUT2D eigenvalue weighted by molar-refractivity contribution is 0.861. The van der Waals surface area contributed by atoms with Gasteiger partial charge in [-0.25, -0.2) is 0 Å². The number of benzene rings is 2. The Bertz CT molecular complexity index is 560. The minimum absolute atomic E-state index is 0.0901. The summed E-state index contributed by atoms with van der Waals surface area (Å²) in [5.41, 5.74) is 11.2. The Morgan fingerprint density at radius 1 is 1.06 bits per heavy atom. The van der Waals surface area contributed by atoms with E-state index >= 15 is 0 Å². The average molecular weight is 416 g/mol. The molecule has 2 N–H and O–H groups in total. The first kappa shape index (κ1) is 14.0. The van der Waals surface area contributed by atoms with Gasteiger partial charge in [0.2, 0.25) is 0 Å². The third-order valence-corrected chi connectivity index (χ3v) is 4.29. The minimum Gasteiger partial charge on any atom is -0.320 e. The Hall–Kier alpha value is -0.390. The molecule has 0 amide bonds. The SMILES string of the molecule is Cc1cc(C)cc(C(N)c2cc(I)ccc2Br)c1. The maximum atomic E-state index is 6.39. The topological polar surface area (TPSA) is 26.0 Å².